The Bertz CT molecular complexity index is 864. The van der Waals surface area contributed by atoms with E-state index in [1.54, 1.807) is 11.3 Å². The Morgan fingerprint density at radius 3 is 2.68 bits per heavy atom. The monoisotopic (exact) mass is 438 g/mol. The lowest BCUT2D eigenvalue weighted by atomic mass is 10.2. The Morgan fingerprint density at radius 1 is 1.16 bits per heavy atom. The molecule has 3 rings (SSSR count). The molecule has 1 aromatic heterocycles. The second-order valence-corrected chi connectivity index (χ2v) is 7.97. The van der Waals surface area contributed by atoms with Crippen LogP contribution in [0.25, 0.3) is 20.8 Å². The summed E-state index contributed by atoms with van der Waals surface area (Å²) in [6.07, 6.45) is 0. The fourth-order valence-electron chi connectivity index (χ4n) is 2.60. The number of likely N-dealkylation sites (N-methyl/N-ethyl adjacent to an activating group) is 1. The fourth-order valence-corrected chi connectivity index (χ4v) is 4.20. The van der Waals surface area contributed by atoms with Crippen LogP contribution in [-0.2, 0) is 0 Å². The first-order valence-corrected chi connectivity index (χ1v) is 10.3. The SMILES string of the molecule is CCN(CC)CCOc1ccc(-c2nc3cc(Cl)ccc3s2)cc1Br. The fraction of sp³-hybridized carbons (Fsp3) is 0.316. The van der Waals surface area contributed by atoms with Crippen molar-refractivity contribution in [1.82, 2.24) is 9.88 Å². The molecule has 1 heterocycles. The molecule has 0 aliphatic heterocycles. The minimum absolute atomic E-state index is 0.680. The Hall–Kier alpha value is -1.14. The third-order valence-corrected chi connectivity index (χ3v) is 6.03. The lowest BCUT2D eigenvalue weighted by Gasteiger charge is -2.18. The Morgan fingerprint density at radius 2 is 1.96 bits per heavy atom. The van der Waals surface area contributed by atoms with Crippen molar-refractivity contribution in [2.24, 2.45) is 0 Å². The molecule has 0 radical (unpaired) electrons. The highest BCUT2D eigenvalue weighted by Gasteiger charge is 2.10. The van der Waals surface area contributed by atoms with Gasteiger partial charge in [-0.15, -0.1) is 11.3 Å². The quantitative estimate of drug-likeness (QED) is 0.445. The van der Waals surface area contributed by atoms with E-state index >= 15 is 0 Å². The first-order chi connectivity index (χ1) is 12.1. The zero-order valence-corrected chi connectivity index (χ0v) is 17.4. The van der Waals surface area contributed by atoms with Gasteiger partial charge in [-0.2, -0.15) is 0 Å². The van der Waals surface area contributed by atoms with Gasteiger partial charge in [0.15, 0.2) is 0 Å². The highest BCUT2D eigenvalue weighted by Crippen LogP contribution is 2.35. The molecular formula is C19H20BrClN2OS. The van der Waals surface area contributed by atoms with Crippen molar-refractivity contribution in [2.75, 3.05) is 26.2 Å². The lowest BCUT2D eigenvalue weighted by molar-refractivity contribution is 0.222. The van der Waals surface area contributed by atoms with Gasteiger partial charge < -0.3 is 9.64 Å². The van der Waals surface area contributed by atoms with E-state index < -0.39 is 0 Å². The number of benzene rings is 2. The number of thiazole rings is 1. The maximum atomic E-state index is 6.05. The molecule has 3 nitrogen and oxygen atoms in total. The van der Waals surface area contributed by atoms with E-state index in [9.17, 15) is 0 Å². The maximum Gasteiger partial charge on any atom is 0.133 e. The van der Waals surface area contributed by atoms with Crippen LogP contribution in [0.15, 0.2) is 40.9 Å². The number of rotatable bonds is 7. The first kappa shape index (κ1) is 18.6. The van der Waals surface area contributed by atoms with Gasteiger partial charge in [0.2, 0.25) is 0 Å². The highest BCUT2D eigenvalue weighted by atomic mass is 79.9. The molecule has 0 atom stereocenters. The molecular weight excluding hydrogens is 420 g/mol. The van der Waals surface area contributed by atoms with E-state index in [2.05, 4.69) is 51.8 Å². The molecule has 0 fully saturated rings. The van der Waals surface area contributed by atoms with Crippen molar-refractivity contribution in [3.05, 3.63) is 45.9 Å². The molecule has 25 heavy (non-hydrogen) atoms. The average Bonchev–Trinajstić information content (AvgIpc) is 3.03. The predicted molar refractivity (Wildman–Crippen MR) is 111 cm³/mol. The van der Waals surface area contributed by atoms with E-state index in [-0.39, 0.29) is 0 Å². The van der Waals surface area contributed by atoms with Crippen molar-refractivity contribution < 1.29 is 4.74 Å². The summed E-state index contributed by atoms with van der Waals surface area (Å²) in [6, 6.07) is 11.9. The summed E-state index contributed by atoms with van der Waals surface area (Å²) in [5.74, 6) is 0.861. The number of nitrogens with zero attached hydrogens (tertiary/aromatic N) is 2. The Kier molecular flexibility index (Phi) is 6.34. The molecule has 0 spiro atoms. The van der Waals surface area contributed by atoms with Crippen molar-refractivity contribution in [3.63, 3.8) is 0 Å². The zero-order chi connectivity index (χ0) is 17.8. The summed E-state index contributed by atoms with van der Waals surface area (Å²) in [5, 5.41) is 1.69. The van der Waals surface area contributed by atoms with Crippen molar-refractivity contribution in [2.45, 2.75) is 13.8 Å². The second-order valence-electron chi connectivity index (χ2n) is 5.65. The van der Waals surface area contributed by atoms with Crippen LogP contribution in [0.2, 0.25) is 5.02 Å². The molecule has 0 saturated carbocycles. The van der Waals surface area contributed by atoms with Crippen LogP contribution in [0.4, 0.5) is 0 Å². The van der Waals surface area contributed by atoms with Gasteiger partial charge in [0.05, 0.1) is 14.7 Å². The van der Waals surface area contributed by atoms with Crippen LogP contribution in [-0.4, -0.2) is 36.1 Å². The molecule has 0 saturated heterocycles. The number of hydrogen-bond acceptors (Lipinski definition) is 4. The van der Waals surface area contributed by atoms with Gasteiger partial charge in [-0.05, 0) is 65.4 Å². The Labute approximate surface area is 165 Å². The van der Waals surface area contributed by atoms with E-state index in [4.69, 9.17) is 16.3 Å². The van der Waals surface area contributed by atoms with Crippen LogP contribution < -0.4 is 4.74 Å². The lowest BCUT2D eigenvalue weighted by Crippen LogP contribution is -2.27. The van der Waals surface area contributed by atoms with Gasteiger partial charge in [-0.1, -0.05) is 25.4 Å². The standard InChI is InChI=1S/C19H20BrClN2OS/c1-3-23(4-2)9-10-24-17-7-5-13(11-15(17)20)19-22-16-12-14(21)6-8-18(16)25-19/h5-8,11-12H,3-4,9-10H2,1-2H3. The predicted octanol–water partition coefficient (Wildman–Crippen LogP) is 6.10. The van der Waals surface area contributed by atoms with Gasteiger partial charge in [-0.25, -0.2) is 4.98 Å². The molecule has 0 unspecified atom stereocenters. The summed E-state index contributed by atoms with van der Waals surface area (Å²) < 4.78 is 7.99. The second kappa shape index (κ2) is 8.49. The van der Waals surface area contributed by atoms with Crippen LogP contribution in [0.5, 0.6) is 5.75 Å². The maximum absolute atomic E-state index is 6.05. The number of aromatic nitrogens is 1. The molecule has 0 N–H and O–H groups in total. The zero-order valence-electron chi connectivity index (χ0n) is 14.3. The molecule has 0 bridgehead atoms. The molecule has 2 aromatic carbocycles. The van der Waals surface area contributed by atoms with Crippen LogP contribution >= 0.6 is 38.9 Å². The number of fused-ring (bicyclic) bond motifs is 1. The average molecular weight is 440 g/mol. The Balaban J connectivity index is 1.74. The molecule has 0 aliphatic rings. The number of halogens is 2. The molecule has 132 valence electrons. The van der Waals surface area contributed by atoms with Gasteiger partial charge in [-0.3, -0.25) is 0 Å². The summed E-state index contributed by atoms with van der Waals surface area (Å²) >= 11 is 11.3. The van der Waals surface area contributed by atoms with E-state index in [1.165, 1.54) is 0 Å². The smallest absolute Gasteiger partial charge is 0.133 e. The number of ether oxygens (including phenoxy) is 1. The number of hydrogen-bond donors (Lipinski definition) is 0. The van der Waals surface area contributed by atoms with E-state index in [0.717, 1.165) is 50.6 Å². The van der Waals surface area contributed by atoms with E-state index in [0.29, 0.717) is 11.6 Å². The van der Waals surface area contributed by atoms with Gasteiger partial charge in [0.1, 0.15) is 17.4 Å². The molecule has 6 heteroatoms. The first-order valence-electron chi connectivity index (χ1n) is 8.32. The summed E-state index contributed by atoms with van der Waals surface area (Å²) in [6.45, 7) is 8.03. The minimum atomic E-state index is 0.680. The largest absolute Gasteiger partial charge is 0.491 e. The topological polar surface area (TPSA) is 25.4 Å². The normalized spacial score (nSPS) is 11.4. The van der Waals surface area contributed by atoms with Crippen molar-refractivity contribution in [3.8, 4) is 16.3 Å². The van der Waals surface area contributed by atoms with Crippen LogP contribution in [0.3, 0.4) is 0 Å². The summed E-state index contributed by atoms with van der Waals surface area (Å²) in [4.78, 5) is 7.03. The van der Waals surface area contributed by atoms with Crippen molar-refractivity contribution in [1.29, 1.82) is 0 Å². The summed E-state index contributed by atoms with van der Waals surface area (Å²) in [7, 11) is 0. The van der Waals surface area contributed by atoms with Gasteiger partial charge >= 0.3 is 0 Å². The molecule has 0 aliphatic carbocycles. The van der Waals surface area contributed by atoms with Gasteiger partial charge in [0.25, 0.3) is 0 Å². The van der Waals surface area contributed by atoms with Crippen molar-refractivity contribution >= 4 is 49.1 Å². The molecule has 0 amide bonds. The summed E-state index contributed by atoms with van der Waals surface area (Å²) in [5.41, 5.74) is 2.00. The molecule has 3 aromatic rings. The highest BCUT2D eigenvalue weighted by molar-refractivity contribution is 9.10. The third-order valence-electron chi connectivity index (χ3n) is 4.09. The minimum Gasteiger partial charge on any atom is -0.491 e. The van der Waals surface area contributed by atoms with Crippen LogP contribution in [0.1, 0.15) is 13.8 Å². The van der Waals surface area contributed by atoms with Gasteiger partial charge in [0, 0.05) is 17.1 Å². The van der Waals surface area contributed by atoms with E-state index in [1.807, 2.05) is 24.3 Å². The van der Waals surface area contributed by atoms with Crippen LogP contribution in [0, 0.1) is 0 Å². The third kappa shape index (κ3) is 4.53.